The van der Waals surface area contributed by atoms with Crippen molar-refractivity contribution in [1.29, 1.82) is 0 Å². The van der Waals surface area contributed by atoms with E-state index in [-0.39, 0.29) is 18.4 Å². The third-order valence-corrected chi connectivity index (χ3v) is 6.68. The van der Waals surface area contributed by atoms with Crippen LogP contribution in [0.5, 0.6) is 5.75 Å². The molecule has 1 saturated heterocycles. The fourth-order valence-corrected chi connectivity index (χ4v) is 4.70. The highest BCUT2D eigenvalue weighted by Gasteiger charge is 2.31. The van der Waals surface area contributed by atoms with Crippen LogP contribution in [0.1, 0.15) is 27.0 Å². The summed E-state index contributed by atoms with van der Waals surface area (Å²) in [7, 11) is 0. The first-order valence-corrected chi connectivity index (χ1v) is 12.0. The van der Waals surface area contributed by atoms with Crippen molar-refractivity contribution in [1.82, 2.24) is 4.90 Å². The summed E-state index contributed by atoms with van der Waals surface area (Å²) in [5.41, 5.74) is 2.85. The van der Waals surface area contributed by atoms with Crippen molar-refractivity contribution in [3.63, 3.8) is 0 Å². The van der Waals surface area contributed by atoms with E-state index in [9.17, 15) is 22.8 Å². The summed E-state index contributed by atoms with van der Waals surface area (Å²) in [4.78, 5) is 31.1. The van der Waals surface area contributed by atoms with E-state index >= 15 is 0 Å². The number of ether oxygens (including phenoxy) is 1. The van der Waals surface area contributed by atoms with Crippen molar-refractivity contribution in [3.8, 4) is 5.75 Å². The molecule has 0 unspecified atom stereocenters. The van der Waals surface area contributed by atoms with E-state index in [1.165, 1.54) is 6.07 Å². The predicted molar refractivity (Wildman–Crippen MR) is 134 cm³/mol. The molecule has 0 aliphatic carbocycles. The van der Waals surface area contributed by atoms with E-state index in [2.05, 4.69) is 0 Å². The largest absolute Gasteiger partial charge is 0.482 e. The molecule has 3 aromatic rings. The van der Waals surface area contributed by atoms with Gasteiger partial charge in [0.15, 0.2) is 6.61 Å². The summed E-state index contributed by atoms with van der Waals surface area (Å²) in [5, 5.41) is 0. The molecule has 0 spiro atoms. The van der Waals surface area contributed by atoms with Crippen molar-refractivity contribution >= 4 is 23.2 Å². The van der Waals surface area contributed by atoms with Crippen LogP contribution in [0.4, 0.5) is 24.5 Å². The number of hydrogen-bond donors (Lipinski definition) is 0. The monoisotopic (exact) mass is 509 g/mol. The first-order chi connectivity index (χ1) is 17.7. The van der Waals surface area contributed by atoms with Crippen molar-refractivity contribution < 1.29 is 27.5 Å². The number of nitrogens with zero attached hydrogens (tertiary/aromatic N) is 3. The Morgan fingerprint density at radius 1 is 0.946 bits per heavy atom. The first kappa shape index (κ1) is 24.7. The zero-order valence-electron chi connectivity index (χ0n) is 20.3. The molecular formula is C28H26F3N3O3. The van der Waals surface area contributed by atoms with E-state index in [1.807, 2.05) is 36.1 Å². The lowest BCUT2D eigenvalue weighted by Crippen LogP contribution is -2.48. The van der Waals surface area contributed by atoms with Gasteiger partial charge in [0.05, 0.1) is 17.8 Å². The third-order valence-electron chi connectivity index (χ3n) is 6.68. The molecule has 2 aliphatic heterocycles. The maximum atomic E-state index is 13.2. The number of carbonyl (C=O) groups is 2. The standard InChI is InChI=1S/C28H26F3N3O3/c1-19-8-9-25-24(14-19)34(26(35)18-37-25)17-20-4-2-5-21(15-20)27(36)33-12-10-32(11-13-33)23-7-3-6-22(16-23)28(29,30)31/h2-9,14-16H,10-13,17-18H2,1H3. The average molecular weight is 510 g/mol. The van der Waals surface area contributed by atoms with E-state index in [0.29, 0.717) is 55.4 Å². The molecule has 2 aliphatic rings. The van der Waals surface area contributed by atoms with Crippen molar-refractivity contribution in [2.24, 2.45) is 0 Å². The summed E-state index contributed by atoms with van der Waals surface area (Å²) in [6.07, 6.45) is -4.40. The number of halogens is 3. The number of fused-ring (bicyclic) bond motifs is 1. The number of benzene rings is 3. The second-order valence-corrected chi connectivity index (χ2v) is 9.27. The van der Waals surface area contributed by atoms with Crippen LogP contribution in [0, 0.1) is 6.92 Å². The van der Waals surface area contributed by atoms with Gasteiger partial charge in [0, 0.05) is 37.4 Å². The molecule has 1 fully saturated rings. The number of rotatable bonds is 4. The Morgan fingerprint density at radius 3 is 2.46 bits per heavy atom. The number of carbonyl (C=O) groups excluding carboxylic acids is 2. The van der Waals surface area contributed by atoms with Gasteiger partial charge in [-0.15, -0.1) is 0 Å². The lowest BCUT2D eigenvalue weighted by atomic mass is 10.1. The summed E-state index contributed by atoms with van der Waals surface area (Å²) >= 11 is 0. The van der Waals surface area contributed by atoms with Gasteiger partial charge in [-0.1, -0.05) is 24.3 Å². The second-order valence-electron chi connectivity index (χ2n) is 9.27. The molecule has 6 nitrogen and oxygen atoms in total. The van der Waals surface area contributed by atoms with Gasteiger partial charge in [-0.2, -0.15) is 13.2 Å². The van der Waals surface area contributed by atoms with Crippen LogP contribution < -0.4 is 14.5 Å². The molecule has 37 heavy (non-hydrogen) atoms. The van der Waals surface area contributed by atoms with Crippen molar-refractivity contribution in [3.05, 3.63) is 89.0 Å². The van der Waals surface area contributed by atoms with Crippen LogP contribution >= 0.6 is 0 Å². The van der Waals surface area contributed by atoms with Crippen LogP contribution in [-0.2, 0) is 17.5 Å². The zero-order valence-corrected chi connectivity index (χ0v) is 20.3. The molecule has 5 rings (SSSR count). The van der Waals surface area contributed by atoms with Crippen LogP contribution in [0.3, 0.4) is 0 Å². The summed E-state index contributed by atoms with van der Waals surface area (Å²) < 4.78 is 44.8. The Bertz CT molecular complexity index is 1330. The lowest BCUT2D eigenvalue weighted by Gasteiger charge is -2.36. The summed E-state index contributed by atoms with van der Waals surface area (Å²) in [6, 6.07) is 18.2. The minimum atomic E-state index is -4.40. The summed E-state index contributed by atoms with van der Waals surface area (Å²) in [6.45, 7) is 3.88. The van der Waals surface area contributed by atoms with Crippen molar-refractivity contribution in [2.45, 2.75) is 19.6 Å². The number of hydrogen-bond acceptors (Lipinski definition) is 4. The Kier molecular flexibility index (Phi) is 6.54. The Morgan fingerprint density at radius 2 is 1.70 bits per heavy atom. The number of anilines is 2. The number of amides is 2. The number of piperazine rings is 1. The highest BCUT2D eigenvalue weighted by Crippen LogP contribution is 2.34. The van der Waals surface area contributed by atoms with Crippen LogP contribution in [0.2, 0.25) is 0 Å². The number of aryl methyl sites for hydroxylation is 1. The Labute approximate surface area is 212 Å². The van der Waals surface area contributed by atoms with Crippen LogP contribution in [0.25, 0.3) is 0 Å². The minimum absolute atomic E-state index is 0.0369. The first-order valence-electron chi connectivity index (χ1n) is 12.0. The fourth-order valence-electron chi connectivity index (χ4n) is 4.70. The van der Waals surface area contributed by atoms with Crippen LogP contribution in [-0.4, -0.2) is 49.5 Å². The van der Waals surface area contributed by atoms with E-state index in [4.69, 9.17) is 4.74 Å². The molecule has 3 aromatic carbocycles. The average Bonchev–Trinajstić information content (AvgIpc) is 2.90. The minimum Gasteiger partial charge on any atom is -0.482 e. The highest BCUT2D eigenvalue weighted by atomic mass is 19.4. The third kappa shape index (κ3) is 5.26. The van der Waals surface area contributed by atoms with Gasteiger partial charge in [-0.05, 0) is 60.5 Å². The molecular weight excluding hydrogens is 483 g/mol. The highest BCUT2D eigenvalue weighted by molar-refractivity contribution is 5.98. The molecule has 0 radical (unpaired) electrons. The molecule has 2 amide bonds. The lowest BCUT2D eigenvalue weighted by molar-refractivity contribution is -0.137. The summed E-state index contributed by atoms with van der Waals surface area (Å²) in [5.74, 6) is 0.353. The molecule has 0 bridgehead atoms. The predicted octanol–water partition coefficient (Wildman–Crippen LogP) is 4.90. The smallest absolute Gasteiger partial charge is 0.416 e. The van der Waals surface area contributed by atoms with E-state index in [1.54, 1.807) is 34.1 Å². The SMILES string of the molecule is Cc1ccc2c(c1)N(Cc1cccc(C(=O)N3CCN(c4cccc(C(F)(F)F)c4)CC3)c1)C(=O)CO2. The van der Waals surface area contributed by atoms with Crippen LogP contribution in [0.15, 0.2) is 66.7 Å². The van der Waals surface area contributed by atoms with Gasteiger partial charge < -0.3 is 19.4 Å². The molecule has 0 N–H and O–H groups in total. The Hall–Kier alpha value is -4.01. The molecule has 0 atom stereocenters. The molecule has 0 saturated carbocycles. The quantitative estimate of drug-likeness (QED) is 0.502. The molecule has 2 heterocycles. The maximum Gasteiger partial charge on any atom is 0.416 e. The van der Waals surface area contributed by atoms with Gasteiger partial charge in [-0.3, -0.25) is 9.59 Å². The molecule has 192 valence electrons. The van der Waals surface area contributed by atoms with Gasteiger partial charge in [0.2, 0.25) is 0 Å². The van der Waals surface area contributed by atoms with Gasteiger partial charge in [0.25, 0.3) is 11.8 Å². The molecule has 9 heteroatoms. The van der Waals surface area contributed by atoms with E-state index < -0.39 is 11.7 Å². The Balaban J connectivity index is 1.26. The van der Waals surface area contributed by atoms with Crippen molar-refractivity contribution in [2.75, 3.05) is 42.6 Å². The normalized spacial score (nSPS) is 15.9. The van der Waals surface area contributed by atoms with Gasteiger partial charge in [0.1, 0.15) is 5.75 Å². The fraction of sp³-hybridized carbons (Fsp3) is 0.286. The topological polar surface area (TPSA) is 53.1 Å². The molecule has 0 aromatic heterocycles. The maximum absolute atomic E-state index is 13.2. The van der Waals surface area contributed by atoms with Gasteiger partial charge in [-0.25, -0.2) is 0 Å². The number of alkyl halides is 3. The zero-order chi connectivity index (χ0) is 26.2. The van der Waals surface area contributed by atoms with Gasteiger partial charge >= 0.3 is 6.18 Å². The van der Waals surface area contributed by atoms with E-state index in [0.717, 1.165) is 23.3 Å². The second kappa shape index (κ2) is 9.80.